The Kier molecular flexibility index (Phi) is 5.17. The van der Waals surface area contributed by atoms with Gasteiger partial charge in [0.05, 0.1) is 19.3 Å². The van der Waals surface area contributed by atoms with Gasteiger partial charge < -0.3 is 15.0 Å². The van der Waals surface area contributed by atoms with Crippen molar-refractivity contribution in [2.75, 3.05) is 45.9 Å². The molecule has 2 amide bonds. The summed E-state index contributed by atoms with van der Waals surface area (Å²) < 4.78 is 5.35. The number of amides is 2. The number of rotatable bonds is 6. The number of ether oxygens (including phenoxy) is 1. The number of nitrogens with zero attached hydrogens (tertiary/aromatic N) is 3. The Balaban J connectivity index is 1.28. The van der Waals surface area contributed by atoms with Crippen molar-refractivity contribution in [2.24, 2.45) is 0 Å². The fraction of sp³-hybridized carbons (Fsp3) is 0.632. The maximum absolute atomic E-state index is 12.5. The van der Waals surface area contributed by atoms with Gasteiger partial charge in [-0.3, -0.25) is 19.5 Å². The van der Waals surface area contributed by atoms with Crippen molar-refractivity contribution in [2.45, 2.75) is 31.2 Å². The van der Waals surface area contributed by atoms with Crippen LogP contribution in [0.2, 0.25) is 0 Å². The van der Waals surface area contributed by atoms with Gasteiger partial charge in [0.1, 0.15) is 0 Å². The van der Waals surface area contributed by atoms with E-state index in [0.717, 1.165) is 51.4 Å². The predicted octanol–water partition coefficient (Wildman–Crippen LogP) is 0.622. The molecule has 1 aromatic rings. The quantitative estimate of drug-likeness (QED) is 0.807. The summed E-state index contributed by atoms with van der Waals surface area (Å²) in [7, 11) is 0. The van der Waals surface area contributed by atoms with E-state index in [1.54, 1.807) is 12.3 Å². The summed E-state index contributed by atoms with van der Waals surface area (Å²) in [5, 5.41) is 3.02. The molecule has 7 nitrogen and oxygen atoms in total. The van der Waals surface area contributed by atoms with E-state index in [9.17, 15) is 9.59 Å². The Labute approximate surface area is 153 Å². The molecule has 1 atom stereocenters. The first-order chi connectivity index (χ1) is 12.7. The fourth-order valence-electron chi connectivity index (χ4n) is 3.63. The van der Waals surface area contributed by atoms with E-state index in [0.29, 0.717) is 31.0 Å². The zero-order valence-electron chi connectivity index (χ0n) is 15.0. The highest BCUT2D eigenvalue weighted by Crippen LogP contribution is 2.38. The van der Waals surface area contributed by atoms with E-state index in [-0.39, 0.29) is 17.9 Å². The molecule has 1 N–H and O–H groups in total. The normalized spacial score (nSPS) is 24.1. The van der Waals surface area contributed by atoms with Crippen LogP contribution in [0.4, 0.5) is 0 Å². The third-order valence-corrected chi connectivity index (χ3v) is 5.38. The smallest absolute Gasteiger partial charge is 0.251 e. The van der Waals surface area contributed by atoms with E-state index >= 15 is 0 Å². The lowest BCUT2D eigenvalue weighted by molar-refractivity contribution is -0.128. The first kappa shape index (κ1) is 17.4. The van der Waals surface area contributed by atoms with Crippen molar-refractivity contribution in [1.82, 2.24) is 20.1 Å². The van der Waals surface area contributed by atoms with Crippen molar-refractivity contribution in [3.05, 3.63) is 29.6 Å². The molecular formula is C19H26N4O3. The summed E-state index contributed by atoms with van der Waals surface area (Å²) in [5.41, 5.74) is 1.65. The van der Waals surface area contributed by atoms with Gasteiger partial charge in [-0.05, 0) is 25.0 Å². The molecule has 1 saturated carbocycles. The molecule has 3 fully saturated rings. The molecule has 1 aromatic heterocycles. The van der Waals surface area contributed by atoms with E-state index in [1.807, 2.05) is 11.0 Å². The molecule has 3 heterocycles. The summed E-state index contributed by atoms with van der Waals surface area (Å²) in [6, 6.07) is 3.52. The third-order valence-electron chi connectivity index (χ3n) is 5.38. The lowest BCUT2D eigenvalue weighted by atomic mass is 10.1. The summed E-state index contributed by atoms with van der Waals surface area (Å²) in [6.45, 7) is 5.55. The Morgan fingerprint density at radius 2 is 2.08 bits per heavy atom. The van der Waals surface area contributed by atoms with E-state index in [4.69, 9.17) is 4.74 Å². The number of hydrogen-bond acceptors (Lipinski definition) is 5. The third kappa shape index (κ3) is 4.22. The molecule has 4 rings (SSSR count). The molecule has 2 aliphatic heterocycles. The maximum Gasteiger partial charge on any atom is 0.251 e. The summed E-state index contributed by atoms with van der Waals surface area (Å²) >= 11 is 0. The predicted molar refractivity (Wildman–Crippen MR) is 95.9 cm³/mol. The number of carbonyl (C=O) groups is 2. The van der Waals surface area contributed by atoms with Gasteiger partial charge >= 0.3 is 0 Å². The van der Waals surface area contributed by atoms with Gasteiger partial charge in [0.15, 0.2) is 0 Å². The zero-order valence-corrected chi connectivity index (χ0v) is 15.0. The van der Waals surface area contributed by atoms with Crippen LogP contribution in [0.1, 0.15) is 41.2 Å². The van der Waals surface area contributed by atoms with Crippen LogP contribution in [0.5, 0.6) is 0 Å². The van der Waals surface area contributed by atoms with E-state index in [2.05, 4.69) is 15.2 Å². The van der Waals surface area contributed by atoms with Crippen molar-refractivity contribution >= 4 is 11.8 Å². The topological polar surface area (TPSA) is 74.8 Å². The molecule has 140 valence electrons. The average Bonchev–Trinajstić information content (AvgIpc) is 3.45. The zero-order chi connectivity index (χ0) is 17.9. The van der Waals surface area contributed by atoms with Gasteiger partial charge in [-0.25, -0.2) is 0 Å². The molecule has 2 saturated heterocycles. The van der Waals surface area contributed by atoms with Gasteiger partial charge in [-0.15, -0.1) is 0 Å². The molecule has 0 bridgehead atoms. The Bertz CT molecular complexity index is 671. The van der Waals surface area contributed by atoms with Gasteiger partial charge in [-0.2, -0.15) is 0 Å². The Morgan fingerprint density at radius 1 is 1.27 bits per heavy atom. The lowest BCUT2D eigenvalue weighted by Gasteiger charge is -2.28. The van der Waals surface area contributed by atoms with E-state index in [1.165, 1.54) is 0 Å². The Morgan fingerprint density at radius 3 is 2.85 bits per heavy atom. The van der Waals surface area contributed by atoms with Crippen LogP contribution in [-0.4, -0.2) is 78.6 Å². The molecule has 0 spiro atoms. The van der Waals surface area contributed by atoms with Crippen LogP contribution < -0.4 is 5.32 Å². The highest BCUT2D eigenvalue weighted by atomic mass is 16.5. The van der Waals surface area contributed by atoms with Gasteiger partial charge in [0.2, 0.25) is 5.91 Å². The van der Waals surface area contributed by atoms with Crippen LogP contribution >= 0.6 is 0 Å². The van der Waals surface area contributed by atoms with Crippen molar-refractivity contribution in [3.8, 4) is 0 Å². The van der Waals surface area contributed by atoms with Crippen LogP contribution in [0.3, 0.4) is 0 Å². The van der Waals surface area contributed by atoms with Crippen molar-refractivity contribution in [1.29, 1.82) is 0 Å². The van der Waals surface area contributed by atoms with Crippen LogP contribution in [-0.2, 0) is 9.53 Å². The molecule has 3 aliphatic rings. The van der Waals surface area contributed by atoms with Gasteiger partial charge in [-0.1, -0.05) is 0 Å². The monoisotopic (exact) mass is 358 g/mol. The highest BCUT2D eigenvalue weighted by molar-refractivity contribution is 5.95. The number of pyridine rings is 1. The van der Waals surface area contributed by atoms with Gasteiger partial charge in [0, 0.05) is 62.5 Å². The summed E-state index contributed by atoms with van der Waals surface area (Å²) in [6.07, 6.45) is 4.41. The number of hydrogen-bond donors (Lipinski definition) is 1. The molecule has 0 aromatic carbocycles. The largest absolute Gasteiger partial charge is 0.379 e. The standard InChI is InChI=1S/C19H26N4O3/c24-18-12-16(13-23(18)6-5-22-7-9-26-10-8-22)21-19(25)15-3-4-20-17(11-15)14-1-2-14/h3-4,11,14,16H,1-2,5-10,12-13H2,(H,21,25). The van der Waals surface area contributed by atoms with E-state index < -0.39 is 0 Å². The Hall–Kier alpha value is -1.99. The van der Waals surface area contributed by atoms with Crippen LogP contribution in [0.15, 0.2) is 18.3 Å². The van der Waals surface area contributed by atoms with Crippen LogP contribution in [0, 0.1) is 0 Å². The second kappa shape index (κ2) is 7.72. The van der Waals surface area contributed by atoms with Crippen molar-refractivity contribution < 1.29 is 14.3 Å². The lowest BCUT2D eigenvalue weighted by Crippen LogP contribution is -2.42. The molecular weight excluding hydrogens is 332 g/mol. The summed E-state index contributed by atoms with van der Waals surface area (Å²) in [4.78, 5) is 33.3. The number of likely N-dealkylation sites (tertiary alicyclic amines) is 1. The number of nitrogens with one attached hydrogen (secondary N) is 1. The molecule has 0 radical (unpaired) electrons. The van der Waals surface area contributed by atoms with Crippen molar-refractivity contribution in [3.63, 3.8) is 0 Å². The highest BCUT2D eigenvalue weighted by Gasteiger charge is 2.31. The molecule has 7 heteroatoms. The molecule has 1 aliphatic carbocycles. The maximum atomic E-state index is 12.5. The second-order valence-corrected chi connectivity index (χ2v) is 7.41. The first-order valence-electron chi connectivity index (χ1n) is 9.54. The minimum Gasteiger partial charge on any atom is -0.379 e. The molecule has 1 unspecified atom stereocenters. The minimum atomic E-state index is -0.114. The number of morpholine rings is 1. The fourth-order valence-corrected chi connectivity index (χ4v) is 3.63. The minimum absolute atomic E-state index is 0.109. The summed E-state index contributed by atoms with van der Waals surface area (Å²) in [5.74, 6) is 0.533. The van der Waals surface area contributed by atoms with Crippen LogP contribution in [0.25, 0.3) is 0 Å². The number of carbonyl (C=O) groups excluding carboxylic acids is 2. The second-order valence-electron chi connectivity index (χ2n) is 7.41. The average molecular weight is 358 g/mol. The first-order valence-corrected chi connectivity index (χ1v) is 9.54. The number of aromatic nitrogens is 1. The SMILES string of the molecule is O=C(NC1CC(=O)N(CCN2CCOCC2)C1)c1ccnc(C2CC2)c1. The molecule has 26 heavy (non-hydrogen) atoms. The van der Waals surface area contributed by atoms with Gasteiger partial charge in [0.25, 0.3) is 5.91 Å².